The predicted molar refractivity (Wildman–Crippen MR) is 62.2 cm³/mol. The van der Waals surface area contributed by atoms with Gasteiger partial charge in [-0.3, -0.25) is 9.59 Å². The summed E-state index contributed by atoms with van der Waals surface area (Å²) < 4.78 is 0. The normalized spacial score (nSPS) is 24.3. The molecule has 0 radical (unpaired) electrons. The summed E-state index contributed by atoms with van der Waals surface area (Å²) in [5.41, 5.74) is -0.830. The number of rotatable bonds is 2. The van der Waals surface area contributed by atoms with Crippen LogP contribution in [0.4, 0.5) is 0 Å². The standard InChI is InChI=1S/C12H20N2O3/c15-10-9-14(7-6-13-10)11(16)8-12(17)4-2-1-3-5-12/h17H,1-9H2,(H,13,15). The van der Waals surface area contributed by atoms with Crippen LogP contribution in [0.5, 0.6) is 0 Å². The van der Waals surface area contributed by atoms with Gasteiger partial charge in [0.05, 0.1) is 18.6 Å². The zero-order chi connectivity index (χ0) is 12.3. The fourth-order valence-electron chi connectivity index (χ4n) is 2.63. The molecule has 5 nitrogen and oxygen atoms in total. The van der Waals surface area contributed by atoms with Gasteiger partial charge >= 0.3 is 0 Å². The average Bonchev–Trinajstić information content (AvgIpc) is 2.29. The molecule has 1 aliphatic carbocycles. The Balaban J connectivity index is 1.89. The molecule has 0 unspecified atom stereocenters. The summed E-state index contributed by atoms with van der Waals surface area (Å²) in [7, 11) is 0. The molecule has 0 atom stereocenters. The lowest BCUT2D eigenvalue weighted by Crippen LogP contribution is -2.51. The van der Waals surface area contributed by atoms with Crippen molar-refractivity contribution >= 4 is 11.8 Å². The minimum Gasteiger partial charge on any atom is -0.389 e. The molecule has 0 aromatic rings. The van der Waals surface area contributed by atoms with Crippen LogP contribution < -0.4 is 5.32 Å². The first-order valence-corrected chi connectivity index (χ1v) is 6.36. The number of nitrogens with one attached hydrogen (secondary N) is 1. The van der Waals surface area contributed by atoms with Gasteiger partial charge in [0, 0.05) is 13.1 Å². The monoisotopic (exact) mass is 240 g/mol. The molecule has 2 aliphatic rings. The van der Waals surface area contributed by atoms with Crippen molar-refractivity contribution in [1.82, 2.24) is 10.2 Å². The molecule has 0 spiro atoms. The van der Waals surface area contributed by atoms with E-state index >= 15 is 0 Å². The van der Waals surface area contributed by atoms with E-state index < -0.39 is 5.60 Å². The third-order valence-electron chi connectivity index (χ3n) is 3.66. The summed E-state index contributed by atoms with van der Waals surface area (Å²) in [6, 6.07) is 0. The zero-order valence-corrected chi connectivity index (χ0v) is 10.1. The molecular formula is C12H20N2O3. The van der Waals surface area contributed by atoms with E-state index in [1.54, 1.807) is 4.90 Å². The summed E-state index contributed by atoms with van der Waals surface area (Å²) in [4.78, 5) is 24.7. The molecule has 5 heteroatoms. The molecule has 2 amide bonds. The van der Waals surface area contributed by atoms with Crippen molar-refractivity contribution < 1.29 is 14.7 Å². The van der Waals surface area contributed by atoms with E-state index in [4.69, 9.17) is 0 Å². The Bertz CT molecular complexity index is 311. The maximum absolute atomic E-state index is 12.0. The van der Waals surface area contributed by atoms with Crippen molar-refractivity contribution in [3.8, 4) is 0 Å². The molecule has 96 valence electrons. The second-order valence-corrected chi connectivity index (χ2v) is 5.13. The highest BCUT2D eigenvalue weighted by Crippen LogP contribution is 2.31. The molecule has 1 saturated heterocycles. The van der Waals surface area contributed by atoms with Gasteiger partial charge in [0.1, 0.15) is 0 Å². The topological polar surface area (TPSA) is 69.6 Å². The molecule has 2 N–H and O–H groups in total. The van der Waals surface area contributed by atoms with Gasteiger partial charge in [-0.2, -0.15) is 0 Å². The van der Waals surface area contributed by atoms with Crippen LogP contribution in [-0.4, -0.2) is 47.1 Å². The number of piperazine rings is 1. The second kappa shape index (κ2) is 5.04. The van der Waals surface area contributed by atoms with Crippen molar-refractivity contribution in [3.05, 3.63) is 0 Å². The maximum atomic E-state index is 12.0. The predicted octanol–water partition coefficient (Wildman–Crippen LogP) is 0.0301. The Morgan fingerprint density at radius 2 is 2.06 bits per heavy atom. The van der Waals surface area contributed by atoms with Crippen LogP contribution >= 0.6 is 0 Å². The van der Waals surface area contributed by atoms with Crippen molar-refractivity contribution in [1.29, 1.82) is 0 Å². The van der Waals surface area contributed by atoms with Gasteiger partial charge in [0.25, 0.3) is 0 Å². The maximum Gasteiger partial charge on any atom is 0.239 e. The lowest BCUT2D eigenvalue weighted by Gasteiger charge is -2.34. The number of aliphatic hydroxyl groups is 1. The van der Waals surface area contributed by atoms with Gasteiger partial charge in [0.15, 0.2) is 0 Å². The number of amides is 2. The average molecular weight is 240 g/mol. The molecule has 0 aromatic heterocycles. The van der Waals surface area contributed by atoms with Gasteiger partial charge < -0.3 is 15.3 Å². The van der Waals surface area contributed by atoms with E-state index in [9.17, 15) is 14.7 Å². The van der Waals surface area contributed by atoms with Gasteiger partial charge in [0.2, 0.25) is 11.8 Å². The van der Waals surface area contributed by atoms with E-state index in [-0.39, 0.29) is 24.8 Å². The lowest BCUT2D eigenvalue weighted by atomic mass is 9.82. The first-order chi connectivity index (χ1) is 8.09. The zero-order valence-electron chi connectivity index (χ0n) is 10.1. The van der Waals surface area contributed by atoms with Crippen LogP contribution in [0.15, 0.2) is 0 Å². The van der Waals surface area contributed by atoms with Crippen molar-refractivity contribution in [2.75, 3.05) is 19.6 Å². The minimum absolute atomic E-state index is 0.0933. The Kier molecular flexibility index (Phi) is 3.66. The van der Waals surface area contributed by atoms with Gasteiger partial charge in [-0.05, 0) is 12.8 Å². The van der Waals surface area contributed by atoms with E-state index in [0.717, 1.165) is 19.3 Å². The first kappa shape index (κ1) is 12.4. The molecular weight excluding hydrogens is 220 g/mol. The molecule has 0 bridgehead atoms. The third kappa shape index (κ3) is 3.19. The smallest absolute Gasteiger partial charge is 0.239 e. The van der Waals surface area contributed by atoms with Crippen molar-refractivity contribution in [2.45, 2.75) is 44.1 Å². The van der Waals surface area contributed by atoms with Gasteiger partial charge in [-0.15, -0.1) is 0 Å². The minimum atomic E-state index is -0.830. The van der Waals surface area contributed by atoms with E-state index in [0.29, 0.717) is 25.9 Å². The highest BCUT2D eigenvalue weighted by atomic mass is 16.3. The number of hydrogen-bond donors (Lipinski definition) is 2. The van der Waals surface area contributed by atoms with Crippen molar-refractivity contribution in [3.63, 3.8) is 0 Å². The van der Waals surface area contributed by atoms with Crippen LogP contribution in [0, 0.1) is 0 Å². The highest BCUT2D eigenvalue weighted by molar-refractivity contribution is 5.86. The number of carbonyl (C=O) groups is 2. The number of nitrogens with zero attached hydrogens (tertiary/aromatic N) is 1. The van der Waals surface area contributed by atoms with Crippen LogP contribution in [0.3, 0.4) is 0 Å². The Hall–Kier alpha value is -1.10. The Labute approximate surface area is 101 Å². The molecule has 1 saturated carbocycles. The van der Waals surface area contributed by atoms with E-state index in [2.05, 4.69) is 5.32 Å². The number of carbonyl (C=O) groups excluding carboxylic acids is 2. The summed E-state index contributed by atoms with van der Waals surface area (Å²) in [6.45, 7) is 1.21. The summed E-state index contributed by atoms with van der Waals surface area (Å²) in [5, 5.41) is 13.0. The van der Waals surface area contributed by atoms with Crippen LogP contribution in [0.2, 0.25) is 0 Å². The second-order valence-electron chi connectivity index (χ2n) is 5.13. The fourth-order valence-corrected chi connectivity index (χ4v) is 2.63. The highest BCUT2D eigenvalue weighted by Gasteiger charge is 2.34. The first-order valence-electron chi connectivity index (χ1n) is 6.36. The van der Waals surface area contributed by atoms with Crippen molar-refractivity contribution in [2.24, 2.45) is 0 Å². The lowest BCUT2D eigenvalue weighted by molar-refractivity contribution is -0.143. The molecule has 1 heterocycles. The van der Waals surface area contributed by atoms with Crippen LogP contribution in [-0.2, 0) is 9.59 Å². The summed E-state index contributed by atoms with van der Waals surface area (Å²) in [5.74, 6) is -0.204. The van der Waals surface area contributed by atoms with Gasteiger partial charge in [-0.1, -0.05) is 19.3 Å². The molecule has 1 aliphatic heterocycles. The molecule has 0 aromatic carbocycles. The Morgan fingerprint density at radius 1 is 1.35 bits per heavy atom. The Morgan fingerprint density at radius 3 is 2.71 bits per heavy atom. The fraction of sp³-hybridized carbons (Fsp3) is 0.833. The van der Waals surface area contributed by atoms with Crippen LogP contribution in [0.1, 0.15) is 38.5 Å². The molecule has 17 heavy (non-hydrogen) atoms. The largest absolute Gasteiger partial charge is 0.389 e. The summed E-state index contributed by atoms with van der Waals surface area (Å²) >= 11 is 0. The quantitative estimate of drug-likeness (QED) is 0.715. The van der Waals surface area contributed by atoms with E-state index in [1.807, 2.05) is 0 Å². The van der Waals surface area contributed by atoms with Gasteiger partial charge in [-0.25, -0.2) is 0 Å². The third-order valence-corrected chi connectivity index (χ3v) is 3.66. The summed E-state index contributed by atoms with van der Waals surface area (Å²) in [6.07, 6.45) is 4.70. The van der Waals surface area contributed by atoms with Crippen LogP contribution in [0.25, 0.3) is 0 Å². The molecule has 2 rings (SSSR count). The number of hydrogen-bond acceptors (Lipinski definition) is 3. The SMILES string of the molecule is O=C1CN(C(=O)CC2(O)CCCCC2)CCN1. The van der Waals surface area contributed by atoms with E-state index in [1.165, 1.54) is 0 Å². The molecule has 2 fully saturated rings.